The van der Waals surface area contributed by atoms with Crippen LogP contribution in [0, 0.1) is 5.92 Å². The monoisotopic (exact) mass is 412 g/mol. The number of carbonyl (C=O) groups excluding carboxylic acids is 1. The molecule has 29 heavy (non-hydrogen) atoms. The molecule has 0 bridgehead atoms. The highest BCUT2D eigenvalue weighted by molar-refractivity contribution is 6.30. The van der Waals surface area contributed by atoms with E-state index >= 15 is 0 Å². The molecule has 2 aromatic rings. The molecule has 2 aliphatic heterocycles. The molecule has 1 N–H and O–H groups in total. The summed E-state index contributed by atoms with van der Waals surface area (Å²) in [6.45, 7) is 6.95. The first kappa shape index (κ1) is 20.2. The number of likely N-dealkylation sites (tertiary alicyclic amines) is 1. The first-order chi connectivity index (χ1) is 13.9. The van der Waals surface area contributed by atoms with Crippen LogP contribution in [0.15, 0.2) is 48.5 Å². The summed E-state index contributed by atoms with van der Waals surface area (Å²) in [6.07, 6.45) is 2.58. The van der Waals surface area contributed by atoms with Crippen LogP contribution in [0.1, 0.15) is 50.3 Å². The van der Waals surface area contributed by atoms with E-state index < -0.39 is 0 Å². The smallest absolute Gasteiger partial charge is 0.223 e. The van der Waals surface area contributed by atoms with Crippen molar-refractivity contribution < 1.29 is 9.53 Å². The lowest BCUT2D eigenvalue weighted by molar-refractivity contribution is -0.127. The Balaban J connectivity index is 1.34. The SMILES string of the molecule is CC1(C)CC(NC(=O)C2CCN(Cc3ccc(Cl)cc3)CC2)c2ccccc2O1. The van der Waals surface area contributed by atoms with Crippen molar-refractivity contribution in [2.24, 2.45) is 5.92 Å². The lowest BCUT2D eigenvalue weighted by Crippen LogP contribution is -2.45. The fraction of sp³-hybridized carbons (Fsp3) is 0.458. The van der Waals surface area contributed by atoms with E-state index in [9.17, 15) is 4.79 Å². The zero-order chi connectivity index (χ0) is 20.4. The Morgan fingerprint density at radius 2 is 1.83 bits per heavy atom. The van der Waals surface area contributed by atoms with E-state index in [1.54, 1.807) is 0 Å². The highest BCUT2D eigenvalue weighted by atomic mass is 35.5. The fourth-order valence-electron chi connectivity index (χ4n) is 4.42. The van der Waals surface area contributed by atoms with E-state index in [2.05, 4.69) is 42.3 Å². The second-order valence-corrected chi connectivity index (χ2v) is 9.28. The Kier molecular flexibility index (Phi) is 5.84. The third-order valence-corrected chi connectivity index (χ3v) is 6.22. The molecule has 2 aromatic carbocycles. The average molecular weight is 413 g/mol. The van der Waals surface area contributed by atoms with Gasteiger partial charge < -0.3 is 10.1 Å². The van der Waals surface area contributed by atoms with E-state index in [0.29, 0.717) is 0 Å². The molecule has 1 unspecified atom stereocenters. The molecule has 1 amide bonds. The van der Waals surface area contributed by atoms with E-state index in [0.717, 1.165) is 55.2 Å². The van der Waals surface area contributed by atoms with Gasteiger partial charge in [-0.15, -0.1) is 0 Å². The van der Waals surface area contributed by atoms with Crippen LogP contribution in [-0.4, -0.2) is 29.5 Å². The highest BCUT2D eigenvalue weighted by Crippen LogP contribution is 2.39. The predicted molar refractivity (Wildman–Crippen MR) is 116 cm³/mol. The number of carbonyl (C=O) groups is 1. The summed E-state index contributed by atoms with van der Waals surface area (Å²) >= 11 is 5.97. The Bertz CT molecular complexity index is 857. The van der Waals surface area contributed by atoms with Crippen molar-refractivity contribution in [2.75, 3.05) is 13.1 Å². The number of hydrogen-bond donors (Lipinski definition) is 1. The van der Waals surface area contributed by atoms with Gasteiger partial charge in [0, 0.05) is 29.5 Å². The van der Waals surface area contributed by atoms with Gasteiger partial charge in [0.2, 0.25) is 5.91 Å². The lowest BCUT2D eigenvalue weighted by atomic mass is 9.88. The Hall–Kier alpha value is -2.04. The molecule has 0 saturated carbocycles. The molecule has 154 valence electrons. The maximum atomic E-state index is 13.0. The van der Waals surface area contributed by atoms with Crippen molar-refractivity contribution in [3.63, 3.8) is 0 Å². The van der Waals surface area contributed by atoms with Gasteiger partial charge in [0.1, 0.15) is 11.4 Å². The lowest BCUT2D eigenvalue weighted by Gasteiger charge is -2.39. The van der Waals surface area contributed by atoms with Crippen LogP contribution in [-0.2, 0) is 11.3 Å². The maximum absolute atomic E-state index is 13.0. The largest absolute Gasteiger partial charge is 0.487 e. The van der Waals surface area contributed by atoms with Crippen LogP contribution in [0.2, 0.25) is 5.02 Å². The van der Waals surface area contributed by atoms with Crippen molar-refractivity contribution in [1.29, 1.82) is 0 Å². The number of para-hydroxylation sites is 1. The van der Waals surface area contributed by atoms with Gasteiger partial charge in [-0.25, -0.2) is 0 Å². The number of hydrogen-bond acceptors (Lipinski definition) is 3. The van der Waals surface area contributed by atoms with Crippen molar-refractivity contribution in [3.05, 3.63) is 64.7 Å². The minimum absolute atomic E-state index is 0.00884. The molecule has 1 fully saturated rings. The number of nitrogens with one attached hydrogen (secondary N) is 1. The molecule has 1 saturated heterocycles. The maximum Gasteiger partial charge on any atom is 0.223 e. The third kappa shape index (κ3) is 4.93. The quantitative estimate of drug-likeness (QED) is 0.770. The summed E-state index contributed by atoms with van der Waals surface area (Å²) in [5.41, 5.74) is 2.06. The second kappa shape index (κ2) is 8.37. The summed E-state index contributed by atoms with van der Waals surface area (Å²) in [5, 5.41) is 4.08. The van der Waals surface area contributed by atoms with Crippen LogP contribution >= 0.6 is 11.6 Å². The molecule has 1 atom stereocenters. The second-order valence-electron chi connectivity index (χ2n) is 8.84. The van der Waals surface area contributed by atoms with Crippen LogP contribution in [0.25, 0.3) is 0 Å². The first-order valence-corrected chi connectivity index (χ1v) is 10.8. The molecule has 5 heteroatoms. The number of nitrogens with zero attached hydrogens (tertiary/aromatic N) is 1. The van der Waals surface area contributed by atoms with Gasteiger partial charge in [0.15, 0.2) is 0 Å². The topological polar surface area (TPSA) is 41.6 Å². The Labute approximate surface area is 178 Å². The number of ether oxygens (including phenoxy) is 1. The van der Waals surface area contributed by atoms with Gasteiger partial charge in [-0.1, -0.05) is 41.9 Å². The van der Waals surface area contributed by atoms with Crippen molar-refractivity contribution in [2.45, 2.75) is 51.3 Å². The number of halogens is 1. The van der Waals surface area contributed by atoms with Crippen molar-refractivity contribution in [3.8, 4) is 5.75 Å². The summed E-state index contributed by atoms with van der Waals surface area (Å²) in [4.78, 5) is 15.4. The van der Waals surface area contributed by atoms with E-state index in [1.807, 2.05) is 30.3 Å². The van der Waals surface area contributed by atoms with Crippen LogP contribution in [0.4, 0.5) is 0 Å². The Morgan fingerprint density at radius 1 is 1.14 bits per heavy atom. The zero-order valence-electron chi connectivity index (χ0n) is 17.2. The zero-order valence-corrected chi connectivity index (χ0v) is 17.9. The summed E-state index contributed by atoms with van der Waals surface area (Å²) in [6, 6.07) is 16.1. The molecular formula is C24H29ClN2O2. The van der Waals surface area contributed by atoms with Gasteiger partial charge in [-0.2, -0.15) is 0 Å². The van der Waals surface area contributed by atoms with E-state index in [-0.39, 0.29) is 23.5 Å². The molecule has 0 radical (unpaired) electrons. The summed E-state index contributed by atoms with van der Waals surface area (Å²) in [5.74, 6) is 1.13. The van der Waals surface area contributed by atoms with Crippen molar-refractivity contribution in [1.82, 2.24) is 10.2 Å². The van der Waals surface area contributed by atoms with Crippen LogP contribution in [0.5, 0.6) is 5.75 Å². The minimum Gasteiger partial charge on any atom is -0.487 e. The molecule has 0 aromatic heterocycles. The molecule has 2 heterocycles. The van der Waals surface area contributed by atoms with E-state index in [4.69, 9.17) is 16.3 Å². The number of amides is 1. The normalized spacial score (nSPS) is 21.8. The van der Waals surface area contributed by atoms with Crippen LogP contribution in [0.3, 0.4) is 0 Å². The average Bonchev–Trinajstić information content (AvgIpc) is 2.69. The first-order valence-electron chi connectivity index (χ1n) is 10.4. The van der Waals surface area contributed by atoms with E-state index in [1.165, 1.54) is 5.56 Å². The van der Waals surface area contributed by atoms with Gasteiger partial charge in [-0.05, 0) is 63.5 Å². The fourth-order valence-corrected chi connectivity index (χ4v) is 4.55. The highest BCUT2D eigenvalue weighted by Gasteiger charge is 2.35. The molecular weight excluding hydrogens is 384 g/mol. The van der Waals surface area contributed by atoms with Gasteiger partial charge >= 0.3 is 0 Å². The number of rotatable bonds is 4. The standard InChI is InChI=1S/C24H29ClN2O2/c1-24(2)15-21(20-5-3-4-6-22(20)29-24)26-23(28)18-11-13-27(14-12-18)16-17-7-9-19(25)10-8-17/h3-10,18,21H,11-16H2,1-2H3,(H,26,28). The van der Waals surface area contributed by atoms with Crippen molar-refractivity contribution >= 4 is 17.5 Å². The third-order valence-electron chi connectivity index (χ3n) is 5.97. The minimum atomic E-state index is -0.283. The van der Waals surface area contributed by atoms with Gasteiger partial charge in [-0.3, -0.25) is 9.69 Å². The number of benzene rings is 2. The van der Waals surface area contributed by atoms with Gasteiger partial charge in [0.25, 0.3) is 0 Å². The predicted octanol–water partition coefficient (Wildman–Crippen LogP) is 4.97. The molecule has 0 spiro atoms. The van der Waals surface area contributed by atoms with Crippen LogP contribution < -0.4 is 10.1 Å². The molecule has 2 aliphatic rings. The molecule has 0 aliphatic carbocycles. The summed E-state index contributed by atoms with van der Waals surface area (Å²) < 4.78 is 6.09. The Morgan fingerprint density at radius 3 is 2.55 bits per heavy atom. The number of fused-ring (bicyclic) bond motifs is 1. The van der Waals surface area contributed by atoms with Gasteiger partial charge in [0.05, 0.1) is 6.04 Å². The summed E-state index contributed by atoms with van der Waals surface area (Å²) in [7, 11) is 0. The number of piperidine rings is 1. The molecule has 4 rings (SSSR count). The molecule has 4 nitrogen and oxygen atoms in total.